The smallest absolute Gasteiger partial charge is 0.341 e. The van der Waals surface area contributed by atoms with Crippen LogP contribution in [-0.4, -0.2) is 28.5 Å². The second kappa shape index (κ2) is 8.79. The van der Waals surface area contributed by atoms with Crippen LogP contribution in [-0.2, 0) is 11.3 Å². The Balaban J connectivity index is 2.07. The van der Waals surface area contributed by atoms with Gasteiger partial charge in [-0.25, -0.2) is 4.79 Å². The summed E-state index contributed by atoms with van der Waals surface area (Å²) in [6.07, 6.45) is 0. The minimum Gasteiger partial charge on any atom is -0.482 e. The molecule has 0 saturated heterocycles. The molecule has 2 aromatic rings. The zero-order chi connectivity index (χ0) is 20.0. The van der Waals surface area contributed by atoms with E-state index in [1.54, 1.807) is 36.4 Å². The Labute approximate surface area is 155 Å². The fourth-order valence-corrected chi connectivity index (χ4v) is 2.51. The van der Waals surface area contributed by atoms with Crippen molar-refractivity contribution in [1.82, 2.24) is 5.32 Å². The Morgan fingerprint density at radius 1 is 1.22 bits per heavy atom. The normalized spacial score (nSPS) is 10.5. The highest BCUT2D eigenvalue weighted by atomic mass is 16.6. The van der Waals surface area contributed by atoms with Gasteiger partial charge in [-0.3, -0.25) is 14.9 Å². The van der Waals surface area contributed by atoms with Gasteiger partial charge in [0.2, 0.25) is 0 Å². The molecule has 0 radical (unpaired) electrons. The number of benzene rings is 2. The van der Waals surface area contributed by atoms with E-state index < -0.39 is 23.4 Å². The second-order valence-electron chi connectivity index (χ2n) is 6.20. The van der Waals surface area contributed by atoms with Gasteiger partial charge < -0.3 is 15.2 Å². The van der Waals surface area contributed by atoms with Crippen LogP contribution in [0.5, 0.6) is 5.75 Å². The lowest BCUT2D eigenvalue weighted by molar-refractivity contribution is -0.385. The van der Waals surface area contributed by atoms with Crippen molar-refractivity contribution in [2.75, 3.05) is 6.61 Å². The van der Waals surface area contributed by atoms with Gasteiger partial charge in [0.1, 0.15) is 5.75 Å². The van der Waals surface area contributed by atoms with Gasteiger partial charge in [0.25, 0.3) is 11.6 Å². The third-order valence-corrected chi connectivity index (χ3v) is 3.83. The number of carboxylic acid groups (broad SMARTS) is 1. The maximum absolute atomic E-state index is 12.3. The maximum atomic E-state index is 12.3. The van der Waals surface area contributed by atoms with E-state index in [9.17, 15) is 19.7 Å². The molecule has 0 aliphatic rings. The van der Waals surface area contributed by atoms with Gasteiger partial charge >= 0.3 is 5.97 Å². The Bertz CT molecular complexity index is 863. The molecular formula is C19H20N2O6. The van der Waals surface area contributed by atoms with E-state index in [0.29, 0.717) is 16.9 Å². The van der Waals surface area contributed by atoms with E-state index in [2.05, 4.69) is 5.32 Å². The van der Waals surface area contributed by atoms with Gasteiger partial charge in [-0.1, -0.05) is 32.0 Å². The maximum Gasteiger partial charge on any atom is 0.341 e. The number of carboxylic acids is 1. The molecule has 142 valence electrons. The van der Waals surface area contributed by atoms with Gasteiger partial charge in [-0.15, -0.1) is 0 Å². The van der Waals surface area contributed by atoms with Crippen molar-refractivity contribution in [3.05, 3.63) is 69.3 Å². The van der Waals surface area contributed by atoms with Crippen LogP contribution in [0.4, 0.5) is 5.69 Å². The average molecular weight is 372 g/mol. The first-order valence-electron chi connectivity index (χ1n) is 8.28. The third kappa shape index (κ3) is 5.53. The number of carbonyl (C=O) groups is 2. The molecule has 0 atom stereocenters. The number of aliphatic carboxylic acids is 1. The third-order valence-electron chi connectivity index (χ3n) is 3.83. The predicted octanol–water partition coefficient (Wildman–Crippen LogP) is 3.11. The Morgan fingerprint density at radius 2 is 1.96 bits per heavy atom. The molecule has 2 N–H and O–H groups in total. The SMILES string of the molecule is CC(C)c1ccc(C(=O)NCc2cccc(OCC(=O)O)c2)cc1[N+](=O)[O-]. The second-order valence-corrected chi connectivity index (χ2v) is 6.20. The molecule has 8 nitrogen and oxygen atoms in total. The highest BCUT2D eigenvalue weighted by Gasteiger charge is 2.19. The number of nitrogens with one attached hydrogen (secondary N) is 1. The molecule has 0 spiro atoms. The number of hydrogen-bond donors (Lipinski definition) is 2. The van der Waals surface area contributed by atoms with E-state index in [1.165, 1.54) is 6.07 Å². The number of nitro benzene ring substituents is 1. The van der Waals surface area contributed by atoms with Crippen molar-refractivity contribution in [2.45, 2.75) is 26.3 Å². The van der Waals surface area contributed by atoms with Crippen molar-refractivity contribution < 1.29 is 24.4 Å². The van der Waals surface area contributed by atoms with Crippen LogP contribution in [0.3, 0.4) is 0 Å². The molecule has 0 aliphatic carbocycles. The lowest BCUT2D eigenvalue weighted by Gasteiger charge is -2.10. The summed E-state index contributed by atoms with van der Waals surface area (Å²) in [4.78, 5) is 33.6. The summed E-state index contributed by atoms with van der Waals surface area (Å²) in [5.74, 6) is -1.18. The summed E-state index contributed by atoms with van der Waals surface area (Å²) < 4.78 is 5.09. The molecule has 0 saturated carbocycles. The Morgan fingerprint density at radius 3 is 2.59 bits per heavy atom. The predicted molar refractivity (Wildman–Crippen MR) is 97.9 cm³/mol. The highest BCUT2D eigenvalue weighted by Crippen LogP contribution is 2.27. The van der Waals surface area contributed by atoms with E-state index in [0.717, 1.165) is 0 Å². The number of hydrogen-bond acceptors (Lipinski definition) is 5. The molecule has 1 amide bonds. The van der Waals surface area contributed by atoms with Crippen molar-refractivity contribution in [3.8, 4) is 5.75 Å². The van der Waals surface area contributed by atoms with E-state index >= 15 is 0 Å². The minimum absolute atomic E-state index is 0.0314. The van der Waals surface area contributed by atoms with Crippen LogP contribution in [0.25, 0.3) is 0 Å². The summed E-state index contributed by atoms with van der Waals surface area (Å²) in [5.41, 5.74) is 1.39. The van der Waals surface area contributed by atoms with Gasteiger partial charge in [0.05, 0.1) is 4.92 Å². The van der Waals surface area contributed by atoms with Gasteiger partial charge in [-0.05, 0) is 29.7 Å². The zero-order valence-corrected chi connectivity index (χ0v) is 15.0. The first kappa shape index (κ1) is 19.9. The largest absolute Gasteiger partial charge is 0.482 e. The van der Waals surface area contributed by atoms with Crippen molar-refractivity contribution in [2.24, 2.45) is 0 Å². The van der Waals surface area contributed by atoms with Crippen LogP contribution in [0.15, 0.2) is 42.5 Å². The summed E-state index contributed by atoms with van der Waals surface area (Å²) in [6.45, 7) is 3.41. The molecule has 0 aliphatic heterocycles. The average Bonchev–Trinajstić information content (AvgIpc) is 2.64. The summed E-state index contributed by atoms with van der Waals surface area (Å²) >= 11 is 0. The zero-order valence-electron chi connectivity index (χ0n) is 15.0. The summed E-state index contributed by atoms with van der Waals surface area (Å²) in [6, 6.07) is 11.1. The number of amides is 1. The molecule has 0 fully saturated rings. The number of nitrogens with zero attached hydrogens (tertiary/aromatic N) is 1. The fourth-order valence-electron chi connectivity index (χ4n) is 2.51. The number of carbonyl (C=O) groups excluding carboxylic acids is 1. The van der Waals surface area contributed by atoms with Gasteiger partial charge in [-0.2, -0.15) is 0 Å². The number of ether oxygens (including phenoxy) is 1. The monoisotopic (exact) mass is 372 g/mol. The number of rotatable bonds is 8. The van der Waals surface area contributed by atoms with Crippen LogP contribution in [0.2, 0.25) is 0 Å². The highest BCUT2D eigenvalue weighted by molar-refractivity contribution is 5.95. The lowest BCUT2D eigenvalue weighted by Crippen LogP contribution is -2.23. The molecule has 0 bridgehead atoms. The summed E-state index contributed by atoms with van der Waals surface area (Å²) in [5, 5.41) is 22.6. The van der Waals surface area contributed by atoms with E-state index in [4.69, 9.17) is 9.84 Å². The molecular weight excluding hydrogens is 352 g/mol. The standard InChI is InChI=1S/C19H20N2O6/c1-12(2)16-7-6-14(9-17(16)21(25)26)19(24)20-10-13-4-3-5-15(8-13)27-11-18(22)23/h3-9,12H,10-11H2,1-2H3,(H,20,24)(H,22,23). The van der Waals surface area contributed by atoms with Crippen LogP contribution in [0, 0.1) is 10.1 Å². The Hall–Kier alpha value is -3.42. The quantitative estimate of drug-likeness (QED) is 0.543. The molecule has 0 aromatic heterocycles. The van der Waals surface area contributed by atoms with E-state index in [1.807, 2.05) is 13.8 Å². The molecule has 0 heterocycles. The van der Waals surface area contributed by atoms with Gasteiger partial charge in [0, 0.05) is 23.7 Å². The first-order valence-corrected chi connectivity index (χ1v) is 8.28. The topological polar surface area (TPSA) is 119 Å². The molecule has 2 rings (SSSR count). The van der Waals surface area contributed by atoms with Crippen LogP contribution < -0.4 is 10.1 Å². The van der Waals surface area contributed by atoms with Gasteiger partial charge in [0.15, 0.2) is 6.61 Å². The minimum atomic E-state index is -1.08. The summed E-state index contributed by atoms with van der Waals surface area (Å²) in [7, 11) is 0. The molecule has 27 heavy (non-hydrogen) atoms. The first-order chi connectivity index (χ1) is 12.8. The van der Waals surface area contributed by atoms with Crippen molar-refractivity contribution in [3.63, 3.8) is 0 Å². The van der Waals surface area contributed by atoms with Crippen LogP contribution in [0.1, 0.15) is 41.3 Å². The van der Waals surface area contributed by atoms with Crippen molar-refractivity contribution in [1.29, 1.82) is 0 Å². The molecule has 2 aromatic carbocycles. The molecule has 0 unspecified atom stereocenters. The molecule has 8 heteroatoms. The fraction of sp³-hybridized carbons (Fsp3) is 0.263. The van der Waals surface area contributed by atoms with E-state index in [-0.39, 0.29) is 23.7 Å². The number of nitro groups is 1. The van der Waals surface area contributed by atoms with Crippen LogP contribution >= 0.6 is 0 Å². The van der Waals surface area contributed by atoms with Crippen molar-refractivity contribution >= 4 is 17.6 Å². The Kier molecular flexibility index (Phi) is 6.48. The lowest BCUT2D eigenvalue weighted by atomic mass is 9.99.